The SMILES string of the molecule is O=C(O)COC(=O)c1ccc(Cl)cc1. The van der Waals surface area contributed by atoms with Gasteiger partial charge in [-0.2, -0.15) is 0 Å². The molecule has 4 nitrogen and oxygen atoms in total. The zero-order valence-corrected chi connectivity index (χ0v) is 7.82. The van der Waals surface area contributed by atoms with E-state index in [2.05, 4.69) is 4.74 Å². The number of halogens is 1. The Bertz CT molecular complexity index is 344. The van der Waals surface area contributed by atoms with E-state index in [-0.39, 0.29) is 5.56 Å². The highest BCUT2D eigenvalue weighted by molar-refractivity contribution is 6.30. The molecule has 0 saturated heterocycles. The van der Waals surface area contributed by atoms with Gasteiger partial charge in [0, 0.05) is 5.02 Å². The van der Waals surface area contributed by atoms with Crippen LogP contribution in [0.5, 0.6) is 0 Å². The third-order valence-corrected chi connectivity index (χ3v) is 1.66. The highest BCUT2D eigenvalue weighted by Crippen LogP contribution is 2.10. The fourth-order valence-electron chi connectivity index (χ4n) is 0.797. The quantitative estimate of drug-likeness (QED) is 0.776. The predicted molar refractivity (Wildman–Crippen MR) is 49.4 cm³/mol. The molecule has 74 valence electrons. The summed E-state index contributed by atoms with van der Waals surface area (Å²) in [5, 5.41) is 8.75. The molecule has 5 heteroatoms. The fraction of sp³-hybridized carbons (Fsp3) is 0.111. The maximum Gasteiger partial charge on any atom is 0.341 e. The van der Waals surface area contributed by atoms with Crippen molar-refractivity contribution >= 4 is 23.5 Å². The zero-order valence-electron chi connectivity index (χ0n) is 7.07. The second-order valence-electron chi connectivity index (χ2n) is 2.48. The Morgan fingerprint density at radius 1 is 1.29 bits per heavy atom. The minimum absolute atomic E-state index is 0.274. The highest BCUT2D eigenvalue weighted by atomic mass is 35.5. The molecule has 0 bridgehead atoms. The van der Waals surface area contributed by atoms with Crippen LogP contribution in [0.15, 0.2) is 24.3 Å². The molecule has 1 aromatic carbocycles. The normalized spacial score (nSPS) is 9.50. The van der Waals surface area contributed by atoms with Gasteiger partial charge in [0.1, 0.15) is 0 Å². The lowest BCUT2D eigenvalue weighted by atomic mass is 10.2. The molecular formula is C9H7ClO4. The summed E-state index contributed by atoms with van der Waals surface area (Å²) < 4.78 is 4.45. The Hall–Kier alpha value is -1.55. The first kappa shape index (κ1) is 10.5. The van der Waals surface area contributed by atoms with Gasteiger partial charge >= 0.3 is 11.9 Å². The minimum Gasteiger partial charge on any atom is -0.479 e. The van der Waals surface area contributed by atoms with E-state index < -0.39 is 18.5 Å². The first-order valence-corrected chi connectivity index (χ1v) is 4.12. The Labute approximate surface area is 85.1 Å². The summed E-state index contributed by atoms with van der Waals surface area (Å²) in [6, 6.07) is 5.98. The van der Waals surface area contributed by atoms with Crippen LogP contribution in [0.2, 0.25) is 5.02 Å². The van der Waals surface area contributed by atoms with E-state index in [1.807, 2.05) is 0 Å². The summed E-state index contributed by atoms with van der Waals surface area (Å²) >= 11 is 5.60. The van der Waals surface area contributed by atoms with Crippen LogP contribution in [0.1, 0.15) is 10.4 Å². The molecule has 1 N–H and O–H groups in total. The van der Waals surface area contributed by atoms with Crippen LogP contribution >= 0.6 is 11.6 Å². The standard InChI is InChI=1S/C9H7ClO4/c10-7-3-1-6(2-4-7)9(13)14-5-8(11)12/h1-4H,5H2,(H,11,12). The molecule has 14 heavy (non-hydrogen) atoms. The molecule has 0 heterocycles. The Balaban J connectivity index is 2.61. The molecule has 0 amide bonds. The van der Waals surface area contributed by atoms with Crippen LogP contribution in [0.3, 0.4) is 0 Å². The zero-order chi connectivity index (χ0) is 10.6. The maximum atomic E-state index is 11.1. The predicted octanol–water partition coefficient (Wildman–Crippen LogP) is 1.58. The lowest BCUT2D eigenvalue weighted by molar-refractivity contribution is -0.140. The van der Waals surface area contributed by atoms with Crippen LogP contribution in [-0.4, -0.2) is 23.7 Å². The van der Waals surface area contributed by atoms with Gasteiger partial charge in [0.25, 0.3) is 0 Å². The number of hydrogen-bond donors (Lipinski definition) is 1. The van der Waals surface area contributed by atoms with Crippen LogP contribution in [-0.2, 0) is 9.53 Å². The van der Waals surface area contributed by atoms with Crippen molar-refractivity contribution in [3.8, 4) is 0 Å². The molecule has 1 aromatic rings. The molecule has 0 unspecified atom stereocenters. The topological polar surface area (TPSA) is 63.6 Å². The highest BCUT2D eigenvalue weighted by Gasteiger charge is 2.08. The van der Waals surface area contributed by atoms with Gasteiger partial charge in [-0.15, -0.1) is 0 Å². The van der Waals surface area contributed by atoms with Crippen LogP contribution < -0.4 is 0 Å². The average molecular weight is 215 g/mol. The number of carbonyl (C=O) groups is 2. The molecule has 0 aliphatic carbocycles. The summed E-state index contributed by atoms with van der Waals surface area (Å²) in [6.45, 7) is -0.637. The van der Waals surface area contributed by atoms with Crippen molar-refractivity contribution in [3.63, 3.8) is 0 Å². The van der Waals surface area contributed by atoms with Crippen molar-refractivity contribution in [2.45, 2.75) is 0 Å². The third-order valence-electron chi connectivity index (χ3n) is 1.41. The van der Waals surface area contributed by atoms with Gasteiger partial charge in [0.2, 0.25) is 0 Å². The van der Waals surface area contributed by atoms with E-state index in [0.717, 1.165) is 0 Å². The first-order valence-electron chi connectivity index (χ1n) is 3.74. The molecule has 0 aromatic heterocycles. The summed E-state index contributed by atoms with van der Waals surface area (Å²) in [6.07, 6.45) is 0. The lowest BCUT2D eigenvalue weighted by Gasteiger charge is -2.01. The number of benzene rings is 1. The Morgan fingerprint density at radius 3 is 2.36 bits per heavy atom. The summed E-state index contributed by atoms with van der Waals surface area (Å²) in [5.41, 5.74) is 0.274. The average Bonchev–Trinajstić information content (AvgIpc) is 2.15. The summed E-state index contributed by atoms with van der Waals surface area (Å²) in [4.78, 5) is 21.2. The van der Waals surface area contributed by atoms with Crippen molar-refractivity contribution in [2.24, 2.45) is 0 Å². The van der Waals surface area contributed by atoms with E-state index in [4.69, 9.17) is 16.7 Å². The van der Waals surface area contributed by atoms with Gasteiger partial charge in [-0.25, -0.2) is 9.59 Å². The number of carboxylic acids is 1. The van der Waals surface area contributed by atoms with Crippen molar-refractivity contribution in [1.29, 1.82) is 0 Å². The number of aliphatic carboxylic acids is 1. The van der Waals surface area contributed by atoms with E-state index >= 15 is 0 Å². The summed E-state index contributed by atoms with van der Waals surface area (Å²) in [5.74, 6) is -1.86. The number of ether oxygens (including phenoxy) is 1. The maximum absolute atomic E-state index is 11.1. The van der Waals surface area contributed by atoms with Crippen LogP contribution in [0, 0.1) is 0 Å². The van der Waals surface area contributed by atoms with E-state index in [0.29, 0.717) is 5.02 Å². The summed E-state index contributed by atoms with van der Waals surface area (Å²) in [7, 11) is 0. The van der Waals surface area contributed by atoms with E-state index in [9.17, 15) is 9.59 Å². The molecule has 0 spiro atoms. The number of carbonyl (C=O) groups excluding carboxylic acids is 1. The molecule has 0 aliphatic rings. The van der Waals surface area contributed by atoms with E-state index in [1.54, 1.807) is 0 Å². The second-order valence-corrected chi connectivity index (χ2v) is 2.91. The van der Waals surface area contributed by atoms with Gasteiger partial charge in [0.05, 0.1) is 5.56 Å². The van der Waals surface area contributed by atoms with Crippen LogP contribution in [0.4, 0.5) is 0 Å². The third kappa shape index (κ3) is 3.06. The fourth-order valence-corrected chi connectivity index (χ4v) is 0.923. The molecule has 1 rings (SSSR count). The van der Waals surface area contributed by atoms with E-state index in [1.165, 1.54) is 24.3 Å². The lowest BCUT2D eigenvalue weighted by Crippen LogP contribution is -2.12. The van der Waals surface area contributed by atoms with Crippen molar-refractivity contribution in [2.75, 3.05) is 6.61 Å². The molecule has 0 saturated carbocycles. The Kier molecular flexibility index (Phi) is 3.48. The van der Waals surface area contributed by atoms with Crippen molar-refractivity contribution in [3.05, 3.63) is 34.9 Å². The van der Waals surface area contributed by atoms with Gasteiger partial charge in [0.15, 0.2) is 6.61 Å². The molecular weight excluding hydrogens is 208 g/mol. The van der Waals surface area contributed by atoms with Gasteiger partial charge in [-0.1, -0.05) is 11.6 Å². The minimum atomic E-state index is -1.19. The molecule has 0 atom stereocenters. The second kappa shape index (κ2) is 4.62. The largest absolute Gasteiger partial charge is 0.479 e. The van der Waals surface area contributed by atoms with Gasteiger partial charge in [-0.05, 0) is 24.3 Å². The first-order chi connectivity index (χ1) is 6.59. The molecule has 0 aliphatic heterocycles. The monoisotopic (exact) mass is 214 g/mol. The van der Waals surface area contributed by atoms with Crippen molar-refractivity contribution < 1.29 is 19.4 Å². The van der Waals surface area contributed by atoms with Crippen LogP contribution in [0.25, 0.3) is 0 Å². The van der Waals surface area contributed by atoms with Crippen molar-refractivity contribution in [1.82, 2.24) is 0 Å². The smallest absolute Gasteiger partial charge is 0.341 e. The van der Waals surface area contributed by atoms with Gasteiger partial charge < -0.3 is 9.84 Å². The number of esters is 1. The molecule has 0 fully saturated rings. The number of carboxylic acid groups (broad SMARTS) is 1. The molecule has 0 radical (unpaired) electrons. The Morgan fingerprint density at radius 2 is 1.86 bits per heavy atom. The van der Waals surface area contributed by atoms with Gasteiger partial charge in [-0.3, -0.25) is 0 Å². The number of rotatable bonds is 3. The number of hydrogen-bond acceptors (Lipinski definition) is 3.